The van der Waals surface area contributed by atoms with Crippen molar-refractivity contribution >= 4 is 27.0 Å². The van der Waals surface area contributed by atoms with Gasteiger partial charge in [0.15, 0.2) is 0 Å². The normalized spacial score (nSPS) is 23.9. The number of carbonyl (C=O) groups is 1. The highest BCUT2D eigenvalue weighted by atomic mass is 32.2. The number of nitrogens with zero attached hydrogens (tertiary/aromatic N) is 4. The van der Waals surface area contributed by atoms with Crippen LogP contribution in [-0.2, 0) is 14.9 Å². The fourth-order valence-electron chi connectivity index (χ4n) is 4.38. The lowest BCUT2D eigenvalue weighted by molar-refractivity contribution is -0.0457. The topological polar surface area (TPSA) is 83.1 Å². The maximum atomic E-state index is 13.2. The van der Waals surface area contributed by atoms with Crippen molar-refractivity contribution in [1.29, 1.82) is 0 Å². The van der Waals surface area contributed by atoms with Crippen molar-refractivity contribution in [1.82, 2.24) is 18.5 Å². The van der Waals surface area contributed by atoms with E-state index in [0.717, 1.165) is 16.5 Å². The summed E-state index contributed by atoms with van der Waals surface area (Å²) in [5, 5.41) is 0.936. The summed E-state index contributed by atoms with van der Waals surface area (Å²) in [6.45, 7) is 9.62. The molecule has 2 aliphatic rings. The molecular formula is C22H30N4O4S. The monoisotopic (exact) mass is 446 g/mol. The second-order valence-electron chi connectivity index (χ2n) is 8.59. The quantitative estimate of drug-likeness (QED) is 0.720. The van der Waals surface area contributed by atoms with E-state index in [-0.39, 0.29) is 31.2 Å². The summed E-state index contributed by atoms with van der Waals surface area (Å²) in [5.74, 6) is -0.0981. The van der Waals surface area contributed by atoms with Crippen molar-refractivity contribution in [2.45, 2.75) is 39.9 Å². The number of rotatable bonds is 3. The van der Waals surface area contributed by atoms with Gasteiger partial charge in [0.05, 0.1) is 29.0 Å². The number of aromatic nitrogens is 1. The van der Waals surface area contributed by atoms with Crippen LogP contribution in [0.5, 0.6) is 0 Å². The molecular weight excluding hydrogens is 416 g/mol. The first-order valence-electron chi connectivity index (χ1n) is 10.7. The number of hydrogen-bond acceptors (Lipinski definition) is 5. The number of piperazine rings is 1. The van der Waals surface area contributed by atoms with Crippen LogP contribution in [0.3, 0.4) is 0 Å². The minimum atomic E-state index is -3.57. The van der Waals surface area contributed by atoms with Crippen molar-refractivity contribution in [3.63, 3.8) is 0 Å². The molecule has 0 bridgehead atoms. The molecule has 0 spiro atoms. The maximum absolute atomic E-state index is 13.2. The Hall–Kier alpha value is -2.07. The van der Waals surface area contributed by atoms with Gasteiger partial charge in [-0.2, -0.15) is 17.0 Å². The molecule has 3 heterocycles. The minimum absolute atomic E-state index is 0.0981. The molecule has 0 radical (unpaired) electrons. The summed E-state index contributed by atoms with van der Waals surface area (Å²) in [5.41, 5.74) is 3.24. The zero-order valence-corrected chi connectivity index (χ0v) is 19.4. The van der Waals surface area contributed by atoms with E-state index in [1.54, 1.807) is 4.90 Å². The molecule has 1 aromatic heterocycles. The smallest absolute Gasteiger partial charge is 0.282 e. The lowest BCUT2D eigenvalue weighted by Gasteiger charge is -2.40. The number of benzene rings is 1. The van der Waals surface area contributed by atoms with Crippen LogP contribution < -0.4 is 0 Å². The van der Waals surface area contributed by atoms with Gasteiger partial charge in [0.25, 0.3) is 16.1 Å². The van der Waals surface area contributed by atoms with Gasteiger partial charge in [0.1, 0.15) is 0 Å². The third kappa shape index (κ3) is 4.45. The van der Waals surface area contributed by atoms with Crippen LogP contribution in [0.2, 0.25) is 0 Å². The molecule has 1 aromatic carbocycles. The molecule has 4 rings (SSSR count). The van der Waals surface area contributed by atoms with Gasteiger partial charge in [-0.05, 0) is 45.9 Å². The molecule has 2 aliphatic heterocycles. The van der Waals surface area contributed by atoms with Crippen molar-refractivity contribution in [3.05, 3.63) is 41.1 Å². The largest absolute Gasteiger partial charge is 0.373 e. The lowest BCUT2D eigenvalue weighted by atomic mass is 10.1. The fourth-order valence-corrected chi connectivity index (χ4v) is 6.13. The Balaban J connectivity index is 1.47. The van der Waals surface area contributed by atoms with Crippen molar-refractivity contribution in [2.75, 3.05) is 39.3 Å². The number of pyridine rings is 1. The third-order valence-corrected chi connectivity index (χ3v) is 7.92. The van der Waals surface area contributed by atoms with E-state index in [0.29, 0.717) is 37.4 Å². The maximum Gasteiger partial charge on any atom is 0.282 e. The van der Waals surface area contributed by atoms with Gasteiger partial charge in [-0.15, -0.1) is 0 Å². The van der Waals surface area contributed by atoms with Gasteiger partial charge in [0, 0.05) is 44.7 Å². The predicted octanol–water partition coefficient (Wildman–Crippen LogP) is 1.96. The van der Waals surface area contributed by atoms with Crippen molar-refractivity contribution < 1.29 is 17.9 Å². The average Bonchev–Trinajstić information content (AvgIpc) is 2.72. The molecule has 2 fully saturated rings. The van der Waals surface area contributed by atoms with E-state index in [1.807, 2.05) is 52.0 Å². The highest BCUT2D eigenvalue weighted by Crippen LogP contribution is 2.22. The summed E-state index contributed by atoms with van der Waals surface area (Å²) in [6.07, 6.45) is -0.262. The molecule has 8 nitrogen and oxygen atoms in total. The molecule has 168 valence electrons. The average molecular weight is 447 g/mol. The van der Waals surface area contributed by atoms with Crippen LogP contribution in [0.4, 0.5) is 0 Å². The molecule has 0 aliphatic carbocycles. The van der Waals surface area contributed by atoms with E-state index in [9.17, 15) is 13.2 Å². The standard InChI is InChI=1S/C22H30N4O4S/c1-15-5-6-21-19(11-15)12-20(18(4)23-21)22(27)24-7-9-25(10-8-24)31(28,29)26-13-16(2)30-17(3)14-26/h5-6,11-12,16-17H,7-10,13-14H2,1-4H3. The summed E-state index contributed by atoms with van der Waals surface area (Å²) < 4.78 is 34.8. The minimum Gasteiger partial charge on any atom is -0.373 e. The van der Waals surface area contributed by atoms with E-state index in [2.05, 4.69) is 4.98 Å². The van der Waals surface area contributed by atoms with Crippen LogP contribution in [0.25, 0.3) is 10.9 Å². The Morgan fingerprint density at radius 1 is 1.00 bits per heavy atom. The number of aryl methyl sites for hydroxylation is 2. The Bertz CT molecular complexity index is 1090. The highest BCUT2D eigenvalue weighted by molar-refractivity contribution is 7.86. The van der Waals surface area contributed by atoms with Gasteiger partial charge < -0.3 is 9.64 Å². The number of carbonyl (C=O) groups excluding carboxylic acids is 1. The summed E-state index contributed by atoms with van der Waals surface area (Å²) >= 11 is 0. The van der Waals surface area contributed by atoms with Crippen molar-refractivity contribution in [2.24, 2.45) is 0 Å². The summed E-state index contributed by atoms with van der Waals surface area (Å²) in [6, 6.07) is 7.88. The SMILES string of the molecule is Cc1ccc2nc(C)c(C(=O)N3CCN(S(=O)(=O)N4CC(C)OC(C)C4)CC3)cc2c1. The predicted molar refractivity (Wildman–Crippen MR) is 119 cm³/mol. The van der Waals surface area contributed by atoms with E-state index in [1.165, 1.54) is 8.61 Å². The van der Waals surface area contributed by atoms with Crippen LogP contribution in [0.15, 0.2) is 24.3 Å². The van der Waals surface area contributed by atoms with Gasteiger partial charge >= 0.3 is 0 Å². The van der Waals surface area contributed by atoms with Crippen LogP contribution in [-0.4, -0.2) is 84.3 Å². The Kier molecular flexibility index (Phi) is 6.04. The second kappa shape index (κ2) is 8.46. The van der Waals surface area contributed by atoms with E-state index in [4.69, 9.17) is 4.74 Å². The van der Waals surface area contributed by atoms with Gasteiger partial charge in [-0.25, -0.2) is 0 Å². The molecule has 31 heavy (non-hydrogen) atoms. The number of fused-ring (bicyclic) bond motifs is 1. The van der Waals surface area contributed by atoms with Crippen LogP contribution >= 0.6 is 0 Å². The Labute approximate surface area is 184 Å². The molecule has 9 heteroatoms. The highest BCUT2D eigenvalue weighted by Gasteiger charge is 2.37. The third-order valence-electron chi connectivity index (χ3n) is 5.96. The van der Waals surface area contributed by atoms with Gasteiger partial charge in [0.2, 0.25) is 0 Å². The number of morpholine rings is 1. The van der Waals surface area contributed by atoms with Gasteiger partial charge in [-0.1, -0.05) is 11.6 Å². The molecule has 1 amide bonds. The molecule has 0 saturated carbocycles. The van der Waals surface area contributed by atoms with Crippen LogP contribution in [0, 0.1) is 13.8 Å². The molecule has 2 unspecified atom stereocenters. The molecule has 2 aromatic rings. The van der Waals surface area contributed by atoms with Gasteiger partial charge in [-0.3, -0.25) is 9.78 Å². The van der Waals surface area contributed by atoms with E-state index >= 15 is 0 Å². The van der Waals surface area contributed by atoms with Crippen LogP contribution in [0.1, 0.15) is 35.5 Å². The summed E-state index contributed by atoms with van der Waals surface area (Å²) in [4.78, 5) is 19.5. The number of amides is 1. The van der Waals surface area contributed by atoms with Crippen molar-refractivity contribution in [3.8, 4) is 0 Å². The molecule has 0 N–H and O–H groups in total. The zero-order valence-electron chi connectivity index (χ0n) is 18.5. The first kappa shape index (κ1) is 22.1. The Morgan fingerprint density at radius 3 is 2.29 bits per heavy atom. The first-order chi connectivity index (χ1) is 14.6. The van der Waals surface area contributed by atoms with E-state index < -0.39 is 10.2 Å². The first-order valence-corrected chi connectivity index (χ1v) is 12.1. The molecule has 2 saturated heterocycles. The lowest BCUT2D eigenvalue weighted by Crippen LogP contribution is -2.57. The number of ether oxygens (including phenoxy) is 1. The fraction of sp³-hybridized carbons (Fsp3) is 0.545. The Morgan fingerprint density at radius 2 is 1.65 bits per heavy atom. The zero-order chi connectivity index (χ0) is 22.3. The summed E-state index contributed by atoms with van der Waals surface area (Å²) in [7, 11) is -3.57. The number of hydrogen-bond donors (Lipinski definition) is 0. The second-order valence-corrected chi connectivity index (χ2v) is 10.5. The molecule has 2 atom stereocenters.